The van der Waals surface area contributed by atoms with E-state index in [0.29, 0.717) is 6.04 Å². The fourth-order valence-electron chi connectivity index (χ4n) is 1.95. The normalized spacial score (nSPS) is 10.9. The third-order valence-electron chi connectivity index (χ3n) is 2.66. The predicted molar refractivity (Wildman–Crippen MR) is 61.8 cm³/mol. The van der Waals surface area contributed by atoms with Crippen molar-refractivity contribution >= 4 is 10.9 Å². The van der Waals surface area contributed by atoms with E-state index in [2.05, 4.69) is 36.7 Å². The van der Waals surface area contributed by atoms with Crippen molar-refractivity contribution < 1.29 is 0 Å². The molecular weight excluding hydrogens is 184 g/mol. The van der Waals surface area contributed by atoms with Gasteiger partial charge in [-0.15, -0.1) is 0 Å². The van der Waals surface area contributed by atoms with Crippen molar-refractivity contribution in [2.45, 2.75) is 26.8 Å². The Balaban J connectivity index is 2.82. The molecule has 0 aliphatic carbocycles. The van der Waals surface area contributed by atoms with Crippen molar-refractivity contribution in [2.24, 2.45) is 0 Å². The molecule has 2 rings (SSSR count). The van der Waals surface area contributed by atoms with Gasteiger partial charge in [-0.25, -0.2) is 0 Å². The summed E-state index contributed by atoms with van der Waals surface area (Å²) in [6.07, 6.45) is 2.05. The van der Waals surface area contributed by atoms with E-state index in [0.717, 1.165) is 22.0 Å². The first-order valence-corrected chi connectivity index (χ1v) is 5.15. The Morgan fingerprint density at radius 1 is 1.33 bits per heavy atom. The number of benzene rings is 1. The van der Waals surface area contributed by atoms with Gasteiger partial charge in [-0.1, -0.05) is 0 Å². The summed E-state index contributed by atoms with van der Waals surface area (Å²) >= 11 is 0. The van der Waals surface area contributed by atoms with Gasteiger partial charge in [0.2, 0.25) is 0 Å². The number of hydrogen-bond acceptors (Lipinski definition) is 1. The van der Waals surface area contributed by atoms with E-state index in [4.69, 9.17) is 5.26 Å². The highest BCUT2D eigenvalue weighted by Crippen LogP contribution is 2.24. The topological polar surface area (TPSA) is 28.7 Å². The van der Waals surface area contributed by atoms with Crippen molar-refractivity contribution in [3.63, 3.8) is 0 Å². The molecule has 0 bridgehead atoms. The van der Waals surface area contributed by atoms with Crippen LogP contribution in [0.25, 0.3) is 10.9 Å². The Morgan fingerprint density at radius 2 is 2.07 bits per heavy atom. The van der Waals surface area contributed by atoms with Crippen LogP contribution in [0, 0.1) is 18.3 Å². The minimum atomic E-state index is 0.427. The second kappa shape index (κ2) is 3.43. The summed E-state index contributed by atoms with van der Waals surface area (Å²) in [7, 11) is 0. The van der Waals surface area contributed by atoms with E-state index in [1.54, 1.807) is 0 Å². The van der Waals surface area contributed by atoms with Crippen LogP contribution in [0.4, 0.5) is 0 Å². The van der Waals surface area contributed by atoms with Gasteiger partial charge in [0, 0.05) is 23.1 Å². The van der Waals surface area contributed by atoms with Crippen molar-refractivity contribution in [3.05, 3.63) is 35.5 Å². The SMILES string of the molecule is Cc1cc(C#N)c2ccn(C(C)C)c2c1. The van der Waals surface area contributed by atoms with Gasteiger partial charge < -0.3 is 4.57 Å². The van der Waals surface area contributed by atoms with E-state index in [9.17, 15) is 0 Å². The van der Waals surface area contributed by atoms with Crippen LogP contribution < -0.4 is 0 Å². The van der Waals surface area contributed by atoms with Gasteiger partial charge in [0.15, 0.2) is 0 Å². The summed E-state index contributed by atoms with van der Waals surface area (Å²) in [5.41, 5.74) is 3.06. The van der Waals surface area contributed by atoms with Gasteiger partial charge in [-0.2, -0.15) is 5.26 Å². The molecule has 1 heterocycles. The molecule has 0 radical (unpaired) electrons. The second-order valence-electron chi connectivity index (χ2n) is 4.17. The third-order valence-corrected chi connectivity index (χ3v) is 2.66. The molecule has 0 aliphatic heterocycles. The van der Waals surface area contributed by atoms with E-state index >= 15 is 0 Å². The van der Waals surface area contributed by atoms with Crippen molar-refractivity contribution in [2.75, 3.05) is 0 Å². The first-order chi connectivity index (χ1) is 7.13. The molecule has 0 amide bonds. The summed E-state index contributed by atoms with van der Waals surface area (Å²) in [6.45, 7) is 6.32. The van der Waals surface area contributed by atoms with Crippen molar-refractivity contribution in [1.82, 2.24) is 4.57 Å². The highest BCUT2D eigenvalue weighted by atomic mass is 15.0. The average Bonchev–Trinajstić information content (AvgIpc) is 2.59. The Labute approximate surface area is 89.7 Å². The first-order valence-electron chi connectivity index (χ1n) is 5.15. The monoisotopic (exact) mass is 198 g/mol. The maximum absolute atomic E-state index is 9.05. The van der Waals surface area contributed by atoms with Gasteiger partial charge in [-0.3, -0.25) is 0 Å². The molecule has 0 fully saturated rings. The molecule has 0 N–H and O–H groups in total. The van der Waals surface area contributed by atoms with Crippen LogP contribution >= 0.6 is 0 Å². The largest absolute Gasteiger partial charge is 0.345 e. The Kier molecular flexibility index (Phi) is 2.24. The molecule has 2 aromatic rings. The zero-order valence-electron chi connectivity index (χ0n) is 9.28. The standard InChI is InChI=1S/C13H14N2/c1-9(2)15-5-4-12-11(8-14)6-10(3)7-13(12)15/h4-7,9H,1-3H3. The van der Waals surface area contributed by atoms with Gasteiger partial charge in [-0.05, 0) is 44.5 Å². The van der Waals surface area contributed by atoms with Gasteiger partial charge in [0.25, 0.3) is 0 Å². The third kappa shape index (κ3) is 1.50. The van der Waals surface area contributed by atoms with Crippen LogP contribution in [0.5, 0.6) is 0 Å². The van der Waals surface area contributed by atoms with Crippen molar-refractivity contribution in [1.29, 1.82) is 5.26 Å². The molecule has 2 heteroatoms. The van der Waals surface area contributed by atoms with Crippen LogP contribution in [-0.2, 0) is 0 Å². The number of hydrogen-bond donors (Lipinski definition) is 0. The molecule has 0 aliphatic rings. The predicted octanol–water partition coefficient (Wildman–Crippen LogP) is 3.40. The lowest BCUT2D eigenvalue weighted by Gasteiger charge is -2.09. The minimum Gasteiger partial charge on any atom is -0.345 e. The van der Waals surface area contributed by atoms with Gasteiger partial charge in [0.1, 0.15) is 0 Å². The van der Waals surface area contributed by atoms with Crippen LogP contribution in [0.3, 0.4) is 0 Å². The van der Waals surface area contributed by atoms with E-state index in [1.807, 2.05) is 19.1 Å². The summed E-state index contributed by atoms with van der Waals surface area (Å²) in [4.78, 5) is 0. The van der Waals surface area contributed by atoms with E-state index < -0.39 is 0 Å². The highest BCUT2D eigenvalue weighted by Gasteiger charge is 2.08. The molecule has 0 saturated heterocycles. The molecule has 2 nitrogen and oxygen atoms in total. The summed E-state index contributed by atoms with van der Waals surface area (Å²) < 4.78 is 2.20. The maximum Gasteiger partial charge on any atom is 0.0998 e. The van der Waals surface area contributed by atoms with Gasteiger partial charge >= 0.3 is 0 Å². The van der Waals surface area contributed by atoms with Crippen molar-refractivity contribution in [3.8, 4) is 6.07 Å². The van der Waals surface area contributed by atoms with Crippen LogP contribution in [0.15, 0.2) is 24.4 Å². The molecule has 0 saturated carbocycles. The second-order valence-corrected chi connectivity index (χ2v) is 4.17. The van der Waals surface area contributed by atoms with Gasteiger partial charge in [0.05, 0.1) is 11.6 Å². The summed E-state index contributed by atoms with van der Waals surface area (Å²) in [6, 6.07) is 8.77. The fourth-order valence-corrected chi connectivity index (χ4v) is 1.95. The highest BCUT2D eigenvalue weighted by molar-refractivity contribution is 5.86. The lowest BCUT2D eigenvalue weighted by molar-refractivity contribution is 0.623. The quantitative estimate of drug-likeness (QED) is 0.690. The number of nitriles is 1. The summed E-state index contributed by atoms with van der Waals surface area (Å²) in [5, 5.41) is 10.1. The van der Waals surface area contributed by atoms with Crippen LogP contribution in [0.2, 0.25) is 0 Å². The van der Waals surface area contributed by atoms with Crippen LogP contribution in [-0.4, -0.2) is 4.57 Å². The molecule has 0 atom stereocenters. The number of rotatable bonds is 1. The smallest absolute Gasteiger partial charge is 0.0998 e. The Hall–Kier alpha value is -1.75. The number of aryl methyl sites for hydroxylation is 1. The number of fused-ring (bicyclic) bond motifs is 1. The van der Waals surface area contributed by atoms with Crippen LogP contribution in [0.1, 0.15) is 31.0 Å². The Morgan fingerprint density at radius 3 is 2.67 bits per heavy atom. The minimum absolute atomic E-state index is 0.427. The lowest BCUT2D eigenvalue weighted by atomic mass is 10.1. The molecule has 1 aromatic heterocycles. The fraction of sp³-hybridized carbons (Fsp3) is 0.308. The number of aromatic nitrogens is 1. The lowest BCUT2D eigenvalue weighted by Crippen LogP contribution is -1.98. The zero-order chi connectivity index (χ0) is 11.0. The van der Waals surface area contributed by atoms with E-state index in [1.165, 1.54) is 0 Å². The molecular formula is C13H14N2. The first kappa shape index (κ1) is 9.79. The molecule has 0 spiro atoms. The molecule has 1 aromatic carbocycles. The molecule has 76 valence electrons. The maximum atomic E-state index is 9.05. The molecule has 15 heavy (non-hydrogen) atoms. The molecule has 0 unspecified atom stereocenters. The zero-order valence-corrected chi connectivity index (χ0v) is 9.28. The summed E-state index contributed by atoms with van der Waals surface area (Å²) in [5.74, 6) is 0. The number of nitrogens with zero attached hydrogens (tertiary/aromatic N) is 2. The Bertz CT molecular complexity index is 541. The average molecular weight is 198 g/mol. The van der Waals surface area contributed by atoms with E-state index in [-0.39, 0.29) is 0 Å².